The van der Waals surface area contributed by atoms with Gasteiger partial charge in [-0.05, 0) is 0 Å². The molecule has 0 aromatic carbocycles. The van der Waals surface area contributed by atoms with Crippen LogP contribution in [-0.4, -0.2) is 44.1 Å². The largest absolute Gasteiger partial charge is 1.00 e. The number of fused-ring (bicyclic) bond motifs is 1. The van der Waals surface area contributed by atoms with Gasteiger partial charge in [0.15, 0.2) is 17.5 Å². The van der Waals surface area contributed by atoms with Crippen LogP contribution in [0.3, 0.4) is 0 Å². The number of nitrogens with zero attached hydrogens (tertiary/aromatic N) is 3. The van der Waals surface area contributed by atoms with Gasteiger partial charge in [0.25, 0.3) is 13.4 Å². The summed E-state index contributed by atoms with van der Waals surface area (Å²) < 4.78 is 26.8. The third kappa shape index (κ3) is 3.73. The first-order valence-electron chi connectivity index (χ1n) is 6.20. The zero-order valence-corrected chi connectivity index (χ0v) is 15.2. The Balaban J connectivity index is 0.00000192. The third-order valence-corrected chi connectivity index (χ3v) is 4.09. The van der Waals surface area contributed by atoms with Crippen LogP contribution in [0.15, 0.2) is 17.4 Å². The maximum absolute atomic E-state index is 11.6. The van der Waals surface area contributed by atoms with E-state index in [0.717, 1.165) is 7.11 Å². The molecule has 120 valence electrons. The summed E-state index contributed by atoms with van der Waals surface area (Å²) in [6.45, 7) is 0. The van der Waals surface area contributed by atoms with Crippen molar-refractivity contribution in [3.8, 4) is 0 Å². The number of H-pyrrole nitrogens is 1. The van der Waals surface area contributed by atoms with Crippen molar-refractivity contribution in [3.05, 3.63) is 23.0 Å². The van der Waals surface area contributed by atoms with E-state index < -0.39 is 32.0 Å². The van der Waals surface area contributed by atoms with Gasteiger partial charge < -0.3 is 24.2 Å². The predicted molar refractivity (Wildman–Crippen MR) is 68.4 cm³/mol. The number of imidazole rings is 1. The molecule has 0 saturated carbocycles. The van der Waals surface area contributed by atoms with E-state index >= 15 is 0 Å². The third-order valence-electron chi connectivity index (χ3n) is 3.18. The van der Waals surface area contributed by atoms with E-state index in [1.165, 1.54) is 17.2 Å². The van der Waals surface area contributed by atoms with Crippen molar-refractivity contribution in [1.29, 1.82) is 0 Å². The number of nitrogens with one attached hydrogen (secondary N) is 1. The van der Waals surface area contributed by atoms with Crippen molar-refractivity contribution >= 4 is 19.0 Å². The molecule has 1 fully saturated rings. The van der Waals surface area contributed by atoms with E-state index in [2.05, 4.69) is 24.0 Å². The van der Waals surface area contributed by atoms with Crippen LogP contribution in [0.2, 0.25) is 0 Å². The summed E-state index contributed by atoms with van der Waals surface area (Å²) in [6.07, 6.45) is -0.821. The number of rotatable bonds is 4. The molecule has 3 rings (SSSR count). The molecule has 3 unspecified atom stereocenters. The number of ether oxygens (including phenoxy) is 1. The monoisotopic (exact) mass is 354 g/mol. The molecule has 23 heavy (non-hydrogen) atoms. The molecule has 11 nitrogen and oxygen atoms in total. The standard InChI is InChI=1S/C10H13N4O7P.Na/c1-19-22(17,18)21-10-5(15)2-6(20-10)14-4-13-7-8(14)11-3-12-9(7)16;/h3-6,10,15H,2H2,1H3,(H,17,18)(H,11,12,16);/q;+1/p-1/t5?,6?,10-;/m1./s1. The molecular weight excluding hydrogens is 342 g/mol. The van der Waals surface area contributed by atoms with Crippen LogP contribution in [0.4, 0.5) is 0 Å². The van der Waals surface area contributed by atoms with Crippen LogP contribution < -0.4 is 40.0 Å². The van der Waals surface area contributed by atoms with Crippen molar-refractivity contribution in [1.82, 2.24) is 19.5 Å². The number of aromatic nitrogens is 4. The predicted octanol–water partition coefficient (Wildman–Crippen LogP) is -4.14. The number of aliphatic hydroxyl groups is 1. The van der Waals surface area contributed by atoms with E-state index in [9.17, 15) is 19.4 Å². The summed E-state index contributed by atoms with van der Waals surface area (Å²) in [4.78, 5) is 33.1. The van der Waals surface area contributed by atoms with Gasteiger partial charge in [-0.3, -0.25) is 18.5 Å². The average molecular weight is 354 g/mol. The molecule has 3 heterocycles. The van der Waals surface area contributed by atoms with Crippen LogP contribution in [-0.2, 0) is 18.3 Å². The number of hydrogen-bond donors (Lipinski definition) is 2. The first-order valence-corrected chi connectivity index (χ1v) is 7.66. The Morgan fingerprint density at radius 3 is 3.00 bits per heavy atom. The minimum Gasteiger partial charge on any atom is -0.756 e. The van der Waals surface area contributed by atoms with Gasteiger partial charge in [0.1, 0.15) is 12.3 Å². The number of hydrogen-bond acceptors (Lipinski definition) is 9. The van der Waals surface area contributed by atoms with Crippen molar-refractivity contribution in [2.45, 2.75) is 25.0 Å². The molecular formula is C10H12N4NaO7P. The first-order chi connectivity index (χ1) is 10.4. The van der Waals surface area contributed by atoms with Crippen molar-refractivity contribution in [2.24, 2.45) is 0 Å². The smallest absolute Gasteiger partial charge is 0.756 e. The molecule has 2 N–H and O–H groups in total. The molecule has 2 aromatic heterocycles. The molecule has 4 atom stereocenters. The molecule has 13 heteroatoms. The Hall–Kier alpha value is -0.620. The van der Waals surface area contributed by atoms with Crippen LogP contribution in [0.5, 0.6) is 0 Å². The maximum atomic E-state index is 11.6. The quantitative estimate of drug-likeness (QED) is 0.412. The minimum atomic E-state index is -4.55. The molecule has 0 spiro atoms. The van der Waals surface area contributed by atoms with Gasteiger partial charge in [0.2, 0.25) is 0 Å². The van der Waals surface area contributed by atoms with Crippen molar-refractivity contribution < 1.29 is 57.9 Å². The Labute approximate surface area is 151 Å². The SMILES string of the molecule is COP(=O)([O-])O[C@H]1OC(n2cnc3c(=O)[nH]cnc32)CC1O.[Na+]. The topological polar surface area (TPSA) is 152 Å². The summed E-state index contributed by atoms with van der Waals surface area (Å²) in [5.74, 6) is 0. The maximum Gasteiger partial charge on any atom is 1.00 e. The zero-order valence-electron chi connectivity index (χ0n) is 12.3. The van der Waals surface area contributed by atoms with Gasteiger partial charge in [0, 0.05) is 13.5 Å². The second-order valence-corrected chi connectivity index (χ2v) is 6.02. The Morgan fingerprint density at radius 1 is 1.57 bits per heavy atom. The Morgan fingerprint density at radius 2 is 2.30 bits per heavy atom. The summed E-state index contributed by atoms with van der Waals surface area (Å²) in [5, 5.41) is 9.86. The van der Waals surface area contributed by atoms with Gasteiger partial charge in [-0.1, -0.05) is 0 Å². The second kappa shape index (κ2) is 7.09. The molecule has 0 amide bonds. The fourth-order valence-corrected chi connectivity index (χ4v) is 2.67. The Kier molecular flexibility index (Phi) is 5.77. The van der Waals surface area contributed by atoms with Crippen LogP contribution in [0.1, 0.15) is 12.6 Å². The summed E-state index contributed by atoms with van der Waals surface area (Å²) >= 11 is 0. The number of phosphoric acid groups is 1. The van der Waals surface area contributed by atoms with Gasteiger partial charge in [0.05, 0.1) is 12.7 Å². The fourth-order valence-electron chi connectivity index (χ4n) is 2.14. The molecule has 1 aliphatic heterocycles. The number of phosphoric ester groups is 1. The normalized spacial score (nSPS) is 26.8. The number of aromatic amines is 1. The van der Waals surface area contributed by atoms with Crippen molar-refractivity contribution in [3.63, 3.8) is 0 Å². The first kappa shape index (κ1) is 18.7. The van der Waals surface area contributed by atoms with Crippen LogP contribution in [0.25, 0.3) is 11.2 Å². The van der Waals surface area contributed by atoms with Gasteiger partial charge in [-0.2, -0.15) is 0 Å². The van der Waals surface area contributed by atoms with Gasteiger partial charge >= 0.3 is 29.6 Å². The molecule has 0 aliphatic carbocycles. The van der Waals surface area contributed by atoms with E-state index in [0.29, 0.717) is 0 Å². The fraction of sp³-hybridized carbons (Fsp3) is 0.500. The summed E-state index contributed by atoms with van der Waals surface area (Å²) in [6, 6.07) is 0. The second-order valence-electron chi connectivity index (χ2n) is 4.55. The van der Waals surface area contributed by atoms with E-state index in [-0.39, 0.29) is 47.1 Å². The van der Waals surface area contributed by atoms with Crippen LogP contribution >= 0.6 is 7.82 Å². The molecule has 1 saturated heterocycles. The molecule has 0 bridgehead atoms. The van der Waals surface area contributed by atoms with E-state index in [1.54, 1.807) is 0 Å². The molecule has 1 aliphatic rings. The molecule has 0 radical (unpaired) electrons. The minimum absolute atomic E-state index is 0. The van der Waals surface area contributed by atoms with Crippen LogP contribution in [0, 0.1) is 0 Å². The Bertz CT molecular complexity index is 795. The van der Waals surface area contributed by atoms with E-state index in [1.807, 2.05) is 0 Å². The van der Waals surface area contributed by atoms with Crippen molar-refractivity contribution in [2.75, 3.05) is 7.11 Å². The summed E-state index contributed by atoms with van der Waals surface area (Å²) in [5.41, 5.74) is -0.0615. The van der Waals surface area contributed by atoms with E-state index in [4.69, 9.17) is 4.74 Å². The van der Waals surface area contributed by atoms with Gasteiger partial charge in [-0.25, -0.2) is 9.97 Å². The average Bonchev–Trinajstić information content (AvgIpc) is 3.04. The molecule has 2 aromatic rings. The summed E-state index contributed by atoms with van der Waals surface area (Å²) in [7, 11) is -3.61. The zero-order chi connectivity index (χ0) is 15.9. The number of aliphatic hydroxyl groups excluding tert-OH is 1. The van der Waals surface area contributed by atoms with Gasteiger partial charge in [-0.15, -0.1) is 0 Å².